The number of halogens is 1. The minimum Gasteiger partial charge on any atom is -0.380 e. The second-order valence-corrected chi connectivity index (χ2v) is 5.34. The van der Waals surface area contributed by atoms with Gasteiger partial charge in [0.15, 0.2) is 0 Å². The van der Waals surface area contributed by atoms with Gasteiger partial charge >= 0.3 is 0 Å². The third kappa shape index (κ3) is 2.72. The van der Waals surface area contributed by atoms with E-state index in [2.05, 4.69) is 37.5 Å². The van der Waals surface area contributed by atoms with Gasteiger partial charge in [0.05, 0.1) is 22.0 Å². The Morgan fingerprint density at radius 3 is 2.88 bits per heavy atom. The predicted molar refractivity (Wildman–Crippen MR) is 71.0 cm³/mol. The highest BCUT2D eigenvalue weighted by molar-refractivity contribution is 9.10. The van der Waals surface area contributed by atoms with Crippen LogP contribution in [0.4, 0.5) is 0 Å². The summed E-state index contributed by atoms with van der Waals surface area (Å²) < 4.78 is 8.63. The molecular weight excluding hydrogens is 282 g/mol. The molecule has 1 aliphatic rings. The number of aromatic nitrogens is 2. The maximum absolute atomic E-state index is 5.40. The third-order valence-electron chi connectivity index (χ3n) is 3.39. The zero-order valence-electron chi connectivity index (χ0n) is 10.7. The van der Waals surface area contributed by atoms with Crippen molar-refractivity contribution in [1.82, 2.24) is 14.7 Å². The molecule has 1 aliphatic heterocycles. The van der Waals surface area contributed by atoms with Crippen LogP contribution in [-0.2, 0) is 17.8 Å². The first-order valence-corrected chi connectivity index (χ1v) is 6.92. The summed E-state index contributed by atoms with van der Waals surface area (Å²) in [6.45, 7) is 8.18. The van der Waals surface area contributed by atoms with Crippen molar-refractivity contribution in [1.29, 1.82) is 0 Å². The van der Waals surface area contributed by atoms with Gasteiger partial charge in [0.1, 0.15) is 0 Å². The molecular formula is C12H20BrN3O. The van der Waals surface area contributed by atoms with Gasteiger partial charge < -0.3 is 4.74 Å². The summed E-state index contributed by atoms with van der Waals surface area (Å²) >= 11 is 3.64. The zero-order valence-corrected chi connectivity index (χ0v) is 12.3. The maximum Gasteiger partial charge on any atom is 0.0739 e. The van der Waals surface area contributed by atoms with Gasteiger partial charge in [-0.1, -0.05) is 0 Å². The van der Waals surface area contributed by atoms with Crippen LogP contribution in [0, 0.1) is 6.92 Å². The van der Waals surface area contributed by atoms with E-state index in [1.807, 2.05) is 6.92 Å². The van der Waals surface area contributed by atoms with E-state index in [1.165, 1.54) is 5.69 Å². The Hall–Kier alpha value is -0.390. The molecule has 1 aromatic rings. The molecule has 0 N–H and O–H groups in total. The van der Waals surface area contributed by atoms with Crippen LogP contribution >= 0.6 is 15.9 Å². The summed E-state index contributed by atoms with van der Waals surface area (Å²) in [4.78, 5) is 2.43. The lowest BCUT2D eigenvalue weighted by atomic mass is 10.3. The lowest BCUT2D eigenvalue weighted by Crippen LogP contribution is -2.24. The molecule has 0 saturated carbocycles. The van der Waals surface area contributed by atoms with Crippen LogP contribution in [0.25, 0.3) is 0 Å². The minimum absolute atomic E-state index is 0.396. The molecule has 0 spiro atoms. The number of likely N-dealkylation sites (tertiary alicyclic amines) is 1. The fourth-order valence-electron chi connectivity index (χ4n) is 2.36. The topological polar surface area (TPSA) is 30.3 Å². The predicted octanol–water partition coefficient (Wildman–Crippen LogP) is 2.19. The van der Waals surface area contributed by atoms with Crippen molar-refractivity contribution in [3.63, 3.8) is 0 Å². The van der Waals surface area contributed by atoms with Gasteiger partial charge in [-0.3, -0.25) is 9.58 Å². The molecule has 1 atom stereocenters. The molecule has 1 aromatic heterocycles. The van der Waals surface area contributed by atoms with Crippen LogP contribution < -0.4 is 0 Å². The molecule has 4 nitrogen and oxygen atoms in total. The van der Waals surface area contributed by atoms with Crippen molar-refractivity contribution in [2.24, 2.45) is 0 Å². The van der Waals surface area contributed by atoms with E-state index in [0.717, 1.165) is 42.8 Å². The molecule has 1 unspecified atom stereocenters. The molecule has 1 fully saturated rings. The molecule has 0 aromatic carbocycles. The number of rotatable bonds is 4. The Labute approximate surface area is 111 Å². The molecule has 1 saturated heterocycles. The van der Waals surface area contributed by atoms with Crippen LogP contribution in [0.5, 0.6) is 0 Å². The molecule has 0 aliphatic carbocycles. The number of ether oxygens (including phenoxy) is 1. The molecule has 0 bridgehead atoms. The molecule has 17 heavy (non-hydrogen) atoms. The first-order chi connectivity index (χ1) is 8.15. The summed E-state index contributed by atoms with van der Waals surface area (Å²) in [5, 5.41) is 4.52. The number of hydrogen-bond donors (Lipinski definition) is 0. The van der Waals surface area contributed by atoms with E-state index in [-0.39, 0.29) is 0 Å². The van der Waals surface area contributed by atoms with E-state index < -0.39 is 0 Å². The normalized spacial score (nSPS) is 21.3. The molecule has 2 rings (SSSR count). The molecule has 0 radical (unpaired) electrons. The van der Waals surface area contributed by atoms with Gasteiger partial charge in [-0.05, 0) is 36.2 Å². The van der Waals surface area contributed by atoms with Gasteiger partial charge in [-0.25, -0.2) is 0 Å². The van der Waals surface area contributed by atoms with E-state index in [4.69, 9.17) is 4.74 Å². The first-order valence-electron chi connectivity index (χ1n) is 6.12. The second kappa shape index (κ2) is 5.50. The van der Waals surface area contributed by atoms with Gasteiger partial charge in [0.25, 0.3) is 0 Å². The third-order valence-corrected chi connectivity index (χ3v) is 4.42. The van der Waals surface area contributed by atoms with E-state index in [0.29, 0.717) is 6.10 Å². The van der Waals surface area contributed by atoms with Crippen LogP contribution in [0.15, 0.2) is 4.47 Å². The minimum atomic E-state index is 0.396. The van der Waals surface area contributed by atoms with Crippen molar-refractivity contribution in [3.8, 4) is 0 Å². The van der Waals surface area contributed by atoms with Crippen LogP contribution in [0.1, 0.15) is 24.7 Å². The lowest BCUT2D eigenvalue weighted by molar-refractivity contribution is 0.107. The Morgan fingerprint density at radius 2 is 2.29 bits per heavy atom. The summed E-state index contributed by atoms with van der Waals surface area (Å²) in [7, 11) is 1.80. The highest BCUT2D eigenvalue weighted by Crippen LogP contribution is 2.24. The van der Waals surface area contributed by atoms with Gasteiger partial charge in [0, 0.05) is 33.3 Å². The Balaban J connectivity index is 2.08. The van der Waals surface area contributed by atoms with Gasteiger partial charge in [-0.2, -0.15) is 5.10 Å². The van der Waals surface area contributed by atoms with Gasteiger partial charge in [-0.15, -0.1) is 0 Å². The average molecular weight is 302 g/mol. The SMILES string of the molecule is CCn1nc(C)c(Br)c1CN1CCC(OC)C1. The van der Waals surface area contributed by atoms with Gasteiger partial charge in [0.2, 0.25) is 0 Å². The summed E-state index contributed by atoms with van der Waals surface area (Å²) in [5.41, 5.74) is 2.35. The number of hydrogen-bond acceptors (Lipinski definition) is 3. The van der Waals surface area contributed by atoms with Crippen molar-refractivity contribution >= 4 is 15.9 Å². The fourth-order valence-corrected chi connectivity index (χ4v) is 2.77. The van der Waals surface area contributed by atoms with E-state index in [1.54, 1.807) is 7.11 Å². The standard InChI is InChI=1S/C12H20BrN3O/c1-4-16-11(12(13)9(2)14-16)8-15-6-5-10(7-15)17-3/h10H,4-8H2,1-3H3. The quantitative estimate of drug-likeness (QED) is 0.854. The Kier molecular flexibility index (Phi) is 4.22. The number of nitrogens with zero attached hydrogens (tertiary/aromatic N) is 3. The molecule has 0 amide bonds. The highest BCUT2D eigenvalue weighted by Gasteiger charge is 2.24. The van der Waals surface area contributed by atoms with Crippen LogP contribution in [-0.4, -0.2) is 41.0 Å². The molecule has 96 valence electrons. The monoisotopic (exact) mass is 301 g/mol. The van der Waals surface area contributed by atoms with Crippen molar-refractivity contribution < 1.29 is 4.74 Å². The zero-order chi connectivity index (χ0) is 12.4. The van der Waals surface area contributed by atoms with Crippen molar-refractivity contribution in [2.75, 3.05) is 20.2 Å². The van der Waals surface area contributed by atoms with E-state index >= 15 is 0 Å². The number of aryl methyl sites for hydroxylation is 2. The number of methoxy groups -OCH3 is 1. The molecule has 5 heteroatoms. The molecule has 2 heterocycles. The van der Waals surface area contributed by atoms with Crippen LogP contribution in [0.2, 0.25) is 0 Å². The average Bonchev–Trinajstić information content (AvgIpc) is 2.89. The first kappa shape index (κ1) is 13.1. The van der Waals surface area contributed by atoms with E-state index in [9.17, 15) is 0 Å². The lowest BCUT2D eigenvalue weighted by Gasteiger charge is -2.16. The summed E-state index contributed by atoms with van der Waals surface area (Å²) in [5.74, 6) is 0. The largest absolute Gasteiger partial charge is 0.380 e. The summed E-state index contributed by atoms with van der Waals surface area (Å²) in [6.07, 6.45) is 1.53. The smallest absolute Gasteiger partial charge is 0.0739 e. The maximum atomic E-state index is 5.40. The second-order valence-electron chi connectivity index (χ2n) is 4.54. The Bertz CT molecular complexity index is 391. The Morgan fingerprint density at radius 1 is 1.53 bits per heavy atom. The van der Waals surface area contributed by atoms with Crippen LogP contribution in [0.3, 0.4) is 0 Å². The van der Waals surface area contributed by atoms with Crippen molar-refractivity contribution in [2.45, 2.75) is 39.5 Å². The highest BCUT2D eigenvalue weighted by atomic mass is 79.9. The summed E-state index contributed by atoms with van der Waals surface area (Å²) in [6, 6.07) is 0. The van der Waals surface area contributed by atoms with Crippen molar-refractivity contribution in [3.05, 3.63) is 15.9 Å². The fraction of sp³-hybridized carbons (Fsp3) is 0.750.